The highest BCUT2D eigenvalue weighted by Gasteiger charge is 2.41. The Hall–Kier alpha value is -1.39. The fraction of sp³-hybridized carbons (Fsp3) is 0.368. The Kier molecular flexibility index (Phi) is 4.74. The van der Waals surface area contributed by atoms with E-state index in [2.05, 4.69) is 41.0 Å². The summed E-state index contributed by atoms with van der Waals surface area (Å²) < 4.78 is 20.4. The maximum absolute atomic E-state index is 13.4. The lowest BCUT2D eigenvalue weighted by atomic mass is 9.73. The van der Waals surface area contributed by atoms with E-state index in [1.807, 2.05) is 24.3 Å². The molecule has 1 heterocycles. The van der Waals surface area contributed by atoms with Gasteiger partial charge in [-0.1, -0.05) is 28.1 Å². The number of halogens is 2. The van der Waals surface area contributed by atoms with Gasteiger partial charge in [0.2, 0.25) is 0 Å². The van der Waals surface area contributed by atoms with Crippen LogP contribution in [0.5, 0.6) is 5.75 Å². The summed E-state index contributed by atoms with van der Waals surface area (Å²) in [5, 5.41) is 0. The largest absolute Gasteiger partial charge is 0.492 e. The van der Waals surface area contributed by atoms with Gasteiger partial charge in [-0.3, -0.25) is 0 Å². The minimum Gasteiger partial charge on any atom is -0.492 e. The van der Waals surface area contributed by atoms with Crippen LogP contribution < -0.4 is 4.74 Å². The molecular formula is C19H21BrFNO. The Balaban J connectivity index is 2.02. The van der Waals surface area contributed by atoms with Crippen LogP contribution in [0.3, 0.4) is 0 Å². The van der Waals surface area contributed by atoms with E-state index in [9.17, 15) is 4.39 Å². The van der Waals surface area contributed by atoms with Crippen molar-refractivity contribution in [1.29, 1.82) is 0 Å². The number of ether oxygens (including phenoxy) is 1. The van der Waals surface area contributed by atoms with Crippen molar-refractivity contribution >= 4 is 15.9 Å². The van der Waals surface area contributed by atoms with Crippen LogP contribution in [0.25, 0.3) is 0 Å². The molecule has 0 aromatic heterocycles. The number of benzene rings is 2. The third-order valence-electron chi connectivity index (χ3n) is 4.54. The van der Waals surface area contributed by atoms with Crippen molar-refractivity contribution in [1.82, 2.24) is 4.90 Å². The molecule has 122 valence electrons. The molecule has 0 saturated heterocycles. The van der Waals surface area contributed by atoms with Crippen molar-refractivity contribution in [2.24, 2.45) is 0 Å². The van der Waals surface area contributed by atoms with Gasteiger partial charge >= 0.3 is 0 Å². The van der Waals surface area contributed by atoms with Crippen LogP contribution >= 0.6 is 15.9 Å². The molecule has 0 aliphatic carbocycles. The molecule has 2 nitrogen and oxygen atoms in total. The van der Waals surface area contributed by atoms with Crippen molar-refractivity contribution in [3.8, 4) is 5.75 Å². The summed E-state index contributed by atoms with van der Waals surface area (Å²) in [6.45, 7) is 1.63. The summed E-state index contributed by atoms with van der Waals surface area (Å²) in [5.41, 5.74) is 2.11. The van der Waals surface area contributed by atoms with Crippen molar-refractivity contribution in [2.45, 2.75) is 18.3 Å². The first-order chi connectivity index (χ1) is 11.0. The molecule has 1 aliphatic heterocycles. The number of fused-ring (bicyclic) bond motifs is 1. The molecule has 1 aliphatic rings. The van der Waals surface area contributed by atoms with E-state index in [0.29, 0.717) is 6.61 Å². The number of nitrogens with zero attached hydrogens (tertiary/aromatic N) is 1. The number of hydrogen-bond donors (Lipinski definition) is 0. The van der Waals surface area contributed by atoms with Crippen LogP contribution in [-0.4, -0.2) is 32.1 Å². The molecule has 0 bridgehead atoms. The Morgan fingerprint density at radius 3 is 2.61 bits per heavy atom. The monoisotopic (exact) mass is 377 g/mol. The predicted molar refractivity (Wildman–Crippen MR) is 94.6 cm³/mol. The van der Waals surface area contributed by atoms with Crippen LogP contribution in [0.1, 0.15) is 24.0 Å². The molecular weight excluding hydrogens is 357 g/mol. The maximum Gasteiger partial charge on any atom is 0.123 e. The predicted octanol–water partition coefficient (Wildman–Crippen LogP) is 4.61. The van der Waals surface area contributed by atoms with E-state index >= 15 is 0 Å². The van der Waals surface area contributed by atoms with Gasteiger partial charge in [0, 0.05) is 10.0 Å². The lowest BCUT2D eigenvalue weighted by molar-refractivity contribution is 0.270. The van der Waals surface area contributed by atoms with Crippen molar-refractivity contribution in [3.05, 3.63) is 63.9 Å². The van der Waals surface area contributed by atoms with E-state index in [4.69, 9.17) is 4.74 Å². The highest BCUT2D eigenvalue weighted by molar-refractivity contribution is 9.10. The molecule has 0 spiro atoms. The van der Waals surface area contributed by atoms with Gasteiger partial charge in [-0.25, -0.2) is 4.39 Å². The van der Waals surface area contributed by atoms with E-state index in [0.717, 1.165) is 35.2 Å². The van der Waals surface area contributed by atoms with Gasteiger partial charge in [-0.2, -0.15) is 0 Å². The minimum absolute atomic E-state index is 0.203. The molecule has 1 unspecified atom stereocenters. The highest BCUT2D eigenvalue weighted by atomic mass is 79.9. The Bertz CT molecular complexity index is 686. The van der Waals surface area contributed by atoms with Crippen LogP contribution in [0.4, 0.5) is 4.39 Å². The van der Waals surface area contributed by atoms with Gasteiger partial charge < -0.3 is 9.64 Å². The van der Waals surface area contributed by atoms with Crippen molar-refractivity contribution < 1.29 is 9.13 Å². The van der Waals surface area contributed by atoms with E-state index in [1.54, 1.807) is 12.1 Å². The van der Waals surface area contributed by atoms with E-state index in [-0.39, 0.29) is 11.2 Å². The molecule has 0 fully saturated rings. The summed E-state index contributed by atoms with van der Waals surface area (Å²) >= 11 is 3.57. The van der Waals surface area contributed by atoms with E-state index in [1.165, 1.54) is 5.56 Å². The third kappa shape index (κ3) is 3.29. The maximum atomic E-state index is 13.4. The molecule has 3 rings (SSSR count). The highest BCUT2D eigenvalue weighted by Crippen LogP contribution is 2.47. The molecule has 0 N–H and O–H groups in total. The third-order valence-corrected chi connectivity index (χ3v) is 5.03. The molecule has 0 saturated carbocycles. The standard InChI is InChI=1S/C19H21BrFNO/c1-22(2)11-3-10-19(14-4-7-16(21)8-5-14)13-23-18-9-6-15(20)12-17(18)19/h4-9,12H,3,10-11,13H2,1-2H3. The zero-order chi connectivity index (χ0) is 16.4. The molecule has 0 radical (unpaired) electrons. The van der Waals surface area contributed by atoms with Crippen LogP contribution in [0.15, 0.2) is 46.9 Å². The van der Waals surface area contributed by atoms with Crippen molar-refractivity contribution in [2.75, 3.05) is 27.2 Å². The lowest BCUT2D eigenvalue weighted by Crippen LogP contribution is -2.31. The first-order valence-electron chi connectivity index (χ1n) is 7.85. The molecule has 0 amide bonds. The summed E-state index contributed by atoms with van der Waals surface area (Å²) in [6, 6.07) is 13.0. The zero-order valence-electron chi connectivity index (χ0n) is 13.5. The normalized spacial score (nSPS) is 19.7. The quantitative estimate of drug-likeness (QED) is 0.754. The van der Waals surface area contributed by atoms with E-state index < -0.39 is 0 Å². The van der Waals surface area contributed by atoms with Gasteiger partial charge in [-0.15, -0.1) is 0 Å². The Morgan fingerprint density at radius 1 is 1.17 bits per heavy atom. The van der Waals surface area contributed by atoms with Gasteiger partial charge in [0.15, 0.2) is 0 Å². The Morgan fingerprint density at radius 2 is 1.91 bits per heavy atom. The smallest absolute Gasteiger partial charge is 0.123 e. The molecule has 1 atom stereocenters. The SMILES string of the molecule is CN(C)CCCC1(c2ccc(F)cc2)COc2ccc(Br)cc21. The lowest BCUT2D eigenvalue weighted by Gasteiger charge is -2.29. The second kappa shape index (κ2) is 6.62. The summed E-state index contributed by atoms with van der Waals surface area (Å²) in [6.07, 6.45) is 2.03. The van der Waals surface area contributed by atoms with Crippen LogP contribution in [0.2, 0.25) is 0 Å². The summed E-state index contributed by atoms with van der Waals surface area (Å²) in [4.78, 5) is 2.19. The molecule has 4 heteroatoms. The fourth-order valence-corrected chi connectivity index (χ4v) is 3.70. The summed E-state index contributed by atoms with van der Waals surface area (Å²) in [7, 11) is 4.17. The fourth-order valence-electron chi connectivity index (χ4n) is 3.34. The van der Waals surface area contributed by atoms with Crippen LogP contribution in [-0.2, 0) is 5.41 Å². The van der Waals surface area contributed by atoms with Gasteiger partial charge in [0.1, 0.15) is 18.2 Å². The first-order valence-corrected chi connectivity index (χ1v) is 8.64. The second-order valence-electron chi connectivity index (χ2n) is 6.42. The summed E-state index contributed by atoms with van der Waals surface area (Å²) in [5.74, 6) is 0.730. The average molecular weight is 378 g/mol. The van der Waals surface area contributed by atoms with Crippen LogP contribution in [0, 0.1) is 5.82 Å². The second-order valence-corrected chi connectivity index (χ2v) is 7.34. The minimum atomic E-state index is -0.206. The Labute approximate surface area is 145 Å². The first kappa shape index (κ1) is 16.5. The van der Waals surface area contributed by atoms with Gasteiger partial charge in [-0.05, 0) is 69.4 Å². The zero-order valence-corrected chi connectivity index (χ0v) is 15.1. The molecule has 2 aromatic carbocycles. The van der Waals surface area contributed by atoms with Gasteiger partial charge in [0.25, 0.3) is 0 Å². The number of hydrogen-bond acceptors (Lipinski definition) is 2. The molecule has 2 aromatic rings. The topological polar surface area (TPSA) is 12.5 Å². The molecule has 23 heavy (non-hydrogen) atoms. The average Bonchev–Trinajstić information content (AvgIpc) is 2.87. The van der Waals surface area contributed by atoms with Crippen molar-refractivity contribution in [3.63, 3.8) is 0 Å². The van der Waals surface area contributed by atoms with Gasteiger partial charge in [0.05, 0.1) is 5.41 Å². The number of rotatable bonds is 5.